The molecule has 3 fully saturated rings. The number of aldehydes is 1. The Hall–Kier alpha value is -0.496. The largest absolute Gasteiger partial charge is 0.414 e. The SMILES string of the molecule is CC(C=O)C1CCC2/C(=C/C=C3CC(O[Si](C)(C)C(C)(C)C)CC(O[Si](C)(C)C(C)(C)C)C3)CCCC21C. The number of carbonyl (C=O) groups excluding carboxylic acids is 1. The normalized spacial score (nSPS) is 33.3. The number of hydrogen-bond acceptors (Lipinski definition) is 3. The summed E-state index contributed by atoms with van der Waals surface area (Å²) >= 11 is 0. The average Bonchev–Trinajstić information content (AvgIpc) is 3.12. The standard InChI is InChI=1S/C33H60O3Si2/c1-24(23-34)29-17-18-30-26(14-13-19-33(29,30)8)16-15-25-20-27(35-37(9,10)31(2,3)4)22-28(21-25)36-38(11,12)32(5,6)7/h15-16,23-24,27-30H,13-14,17-22H2,1-12H3/b25-15?,26-16+. The average molecular weight is 561 g/mol. The van der Waals surface area contributed by atoms with Gasteiger partial charge in [-0.05, 0) is 105 Å². The van der Waals surface area contributed by atoms with Gasteiger partial charge in [-0.15, -0.1) is 0 Å². The third kappa shape index (κ3) is 6.86. The highest BCUT2D eigenvalue weighted by atomic mass is 28.4. The maximum Gasteiger partial charge on any atom is 0.192 e. The van der Waals surface area contributed by atoms with E-state index >= 15 is 0 Å². The zero-order chi connectivity index (χ0) is 28.7. The Labute approximate surface area is 237 Å². The van der Waals surface area contributed by atoms with Crippen molar-refractivity contribution in [3.63, 3.8) is 0 Å². The minimum atomic E-state index is -1.87. The first kappa shape index (κ1) is 32.0. The van der Waals surface area contributed by atoms with Crippen LogP contribution >= 0.6 is 0 Å². The Morgan fingerprint density at radius 1 is 0.895 bits per heavy atom. The molecule has 0 bridgehead atoms. The van der Waals surface area contributed by atoms with Crippen molar-refractivity contribution < 1.29 is 13.6 Å². The van der Waals surface area contributed by atoms with E-state index in [0.717, 1.165) is 19.3 Å². The van der Waals surface area contributed by atoms with Gasteiger partial charge >= 0.3 is 0 Å². The maximum absolute atomic E-state index is 11.7. The van der Waals surface area contributed by atoms with Crippen LogP contribution in [0.15, 0.2) is 23.3 Å². The van der Waals surface area contributed by atoms with Crippen LogP contribution in [0.3, 0.4) is 0 Å². The molecule has 3 rings (SSSR count). The number of hydrogen-bond donors (Lipinski definition) is 0. The van der Waals surface area contributed by atoms with Crippen LogP contribution in [0.1, 0.15) is 107 Å². The van der Waals surface area contributed by atoms with E-state index < -0.39 is 16.6 Å². The summed E-state index contributed by atoms with van der Waals surface area (Å²) < 4.78 is 14.0. The first-order valence-corrected chi connectivity index (χ1v) is 21.3. The minimum Gasteiger partial charge on any atom is -0.414 e. The van der Waals surface area contributed by atoms with Gasteiger partial charge in [0.05, 0.1) is 12.2 Å². The summed E-state index contributed by atoms with van der Waals surface area (Å²) in [4.78, 5) is 11.7. The van der Waals surface area contributed by atoms with Crippen LogP contribution in [0, 0.1) is 23.2 Å². The van der Waals surface area contributed by atoms with Gasteiger partial charge < -0.3 is 13.6 Å². The van der Waals surface area contributed by atoms with Gasteiger partial charge in [0.15, 0.2) is 16.6 Å². The second kappa shape index (κ2) is 11.4. The highest BCUT2D eigenvalue weighted by Crippen LogP contribution is 2.59. The highest BCUT2D eigenvalue weighted by molar-refractivity contribution is 6.74. The minimum absolute atomic E-state index is 0.169. The van der Waals surface area contributed by atoms with Gasteiger partial charge in [-0.25, -0.2) is 0 Å². The topological polar surface area (TPSA) is 35.5 Å². The molecule has 0 heterocycles. The number of allylic oxidation sites excluding steroid dienone is 3. The van der Waals surface area contributed by atoms with Gasteiger partial charge in [-0.3, -0.25) is 0 Å². The Kier molecular flexibility index (Phi) is 9.62. The molecular weight excluding hydrogens is 501 g/mol. The van der Waals surface area contributed by atoms with Crippen molar-refractivity contribution in [1.29, 1.82) is 0 Å². The fourth-order valence-corrected chi connectivity index (χ4v) is 9.83. The highest BCUT2D eigenvalue weighted by Gasteiger charge is 2.50. The molecule has 0 amide bonds. The van der Waals surface area contributed by atoms with Crippen LogP contribution in [0.5, 0.6) is 0 Å². The van der Waals surface area contributed by atoms with Crippen molar-refractivity contribution in [2.24, 2.45) is 23.2 Å². The molecule has 0 spiro atoms. The number of rotatable bonds is 7. The van der Waals surface area contributed by atoms with Crippen molar-refractivity contribution in [2.75, 3.05) is 0 Å². The third-order valence-corrected chi connectivity index (χ3v) is 20.5. The lowest BCUT2D eigenvalue weighted by Crippen LogP contribution is -2.48. The molecule has 218 valence electrons. The molecule has 0 saturated heterocycles. The second-order valence-electron chi connectivity index (χ2n) is 16.3. The molecule has 3 aliphatic rings. The van der Waals surface area contributed by atoms with E-state index in [0.29, 0.717) is 11.8 Å². The van der Waals surface area contributed by atoms with Crippen LogP contribution in [0.4, 0.5) is 0 Å². The quantitative estimate of drug-likeness (QED) is 0.229. The smallest absolute Gasteiger partial charge is 0.192 e. The van der Waals surface area contributed by atoms with Gasteiger partial charge in [0.25, 0.3) is 0 Å². The van der Waals surface area contributed by atoms with Gasteiger partial charge in [0, 0.05) is 5.92 Å². The van der Waals surface area contributed by atoms with Gasteiger partial charge in [0.2, 0.25) is 0 Å². The van der Waals surface area contributed by atoms with E-state index in [4.69, 9.17) is 8.85 Å². The molecular formula is C33H60O3Si2. The Morgan fingerprint density at radius 2 is 1.42 bits per heavy atom. The molecule has 6 atom stereocenters. The van der Waals surface area contributed by atoms with E-state index in [2.05, 4.69) is 93.7 Å². The van der Waals surface area contributed by atoms with Crippen molar-refractivity contribution in [2.45, 2.75) is 155 Å². The zero-order valence-corrected chi connectivity index (χ0v) is 29.0. The maximum atomic E-state index is 11.7. The van der Waals surface area contributed by atoms with Gasteiger partial charge in [-0.1, -0.05) is 78.7 Å². The summed E-state index contributed by atoms with van der Waals surface area (Å²) in [5, 5.41) is 0.409. The molecule has 6 unspecified atom stereocenters. The lowest BCUT2D eigenvalue weighted by atomic mass is 9.61. The van der Waals surface area contributed by atoms with E-state index in [1.54, 1.807) is 5.57 Å². The van der Waals surface area contributed by atoms with Gasteiger partial charge in [-0.2, -0.15) is 0 Å². The molecule has 3 saturated carbocycles. The monoisotopic (exact) mass is 560 g/mol. The van der Waals surface area contributed by atoms with Gasteiger partial charge in [0.1, 0.15) is 6.29 Å². The Balaban J connectivity index is 1.87. The molecule has 0 aromatic carbocycles. The molecule has 0 aromatic rings. The summed E-state index contributed by atoms with van der Waals surface area (Å²) in [5.41, 5.74) is 3.40. The predicted molar refractivity (Wildman–Crippen MR) is 168 cm³/mol. The number of fused-ring (bicyclic) bond motifs is 1. The molecule has 3 nitrogen and oxygen atoms in total. The molecule has 3 aliphatic carbocycles. The summed E-state index contributed by atoms with van der Waals surface area (Å²) in [6.45, 7) is 28.2. The van der Waals surface area contributed by atoms with E-state index in [1.165, 1.54) is 44.0 Å². The molecule has 5 heteroatoms. The summed E-state index contributed by atoms with van der Waals surface area (Å²) in [5.74, 6) is 1.32. The van der Waals surface area contributed by atoms with E-state index in [-0.39, 0.29) is 33.6 Å². The van der Waals surface area contributed by atoms with Crippen molar-refractivity contribution >= 4 is 22.9 Å². The predicted octanol–water partition coefficient (Wildman–Crippen LogP) is 9.86. The van der Waals surface area contributed by atoms with Crippen molar-refractivity contribution in [1.82, 2.24) is 0 Å². The Bertz CT molecular complexity index is 866. The van der Waals surface area contributed by atoms with Crippen LogP contribution in [0.2, 0.25) is 36.3 Å². The first-order chi connectivity index (χ1) is 17.3. The Morgan fingerprint density at radius 3 is 1.89 bits per heavy atom. The van der Waals surface area contributed by atoms with Crippen LogP contribution in [0.25, 0.3) is 0 Å². The lowest BCUT2D eigenvalue weighted by molar-refractivity contribution is -0.113. The summed E-state index contributed by atoms with van der Waals surface area (Å²) in [6.07, 6.45) is 15.9. The molecule has 0 radical (unpaired) electrons. The van der Waals surface area contributed by atoms with Crippen molar-refractivity contribution in [3.05, 3.63) is 23.3 Å². The fraction of sp³-hybridized carbons (Fsp3) is 0.848. The van der Waals surface area contributed by atoms with Crippen LogP contribution in [-0.2, 0) is 13.6 Å². The van der Waals surface area contributed by atoms with E-state index in [9.17, 15) is 4.79 Å². The third-order valence-electron chi connectivity index (χ3n) is 11.5. The van der Waals surface area contributed by atoms with Crippen LogP contribution in [-0.4, -0.2) is 35.1 Å². The second-order valence-corrected chi connectivity index (χ2v) is 25.8. The van der Waals surface area contributed by atoms with Crippen LogP contribution < -0.4 is 0 Å². The van der Waals surface area contributed by atoms with E-state index in [1.807, 2.05) is 0 Å². The zero-order valence-electron chi connectivity index (χ0n) is 27.0. The fourth-order valence-electron chi connectivity index (χ4n) is 7.09. The molecule has 0 aliphatic heterocycles. The first-order valence-electron chi connectivity index (χ1n) is 15.5. The summed E-state index contributed by atoms with van der Waals surface area (Å²) in [6, 6.07) is 0. The number of carbonyl (C=O) groups is 1. The lowest BCUT2D eigenvalue weighted by Gasteiger charge is -2.45. The summed E-state index contributed by atoms with van der Waals surface area (Å²) in [7, 11) is -3.73. The molecule has 0 N–H and O–H groups in total. The molecule has 38 heavy (non-hydrogen) atoms. The molecule has 0 aromatic heterocycles. The van der Waals surface area contributed by atoms with Crippen molar-refractivity contribution in [3.8, 4) is 0 Å².